The van der Waals surface area contributed by atoms with E-state index in [4.69, 9.17) is 15.5 Å². The normalized spacial score (nSPS) is 11.6. The van der Waals surface area contributed by atoms with Crippen molar-refractivity contribution in [2.45, 2.75) is 25.8 Å². The maximum absolute atomic E-state index is 6.17. The number of ether oxygens (including phenoxy) is 1. The maximum Gasteiger partial charge on any atom is 0.152 e. The van der Waals surface area contributed by atoms with E-state index < -0.39 is 0 Å². The van der Waals surface area contributed by atoms with Gasteiger partial charge in [-0.15, -0.1) is 0 Å². The van der Waals surface area contributed by atoms with Crippen molar-refractivity contribution in [2.75, 3.05) is 26.0 Å². The minimum absolute atomic E-state index is 0.484. The van der Waals surface area contributed by atoms with Gasteiger partial charge in [-0.05, 0) is 18.9 Å². The Labute approximate surface area is 147 Å². The summed E-state index contributed by atoms with van der Waals surface area (Å²) in [5.74, 6) is 1.48. The smallest absolute Gasteiger partial charge is 0.152 e. The molecule has 0 radical (unpaired) electrons. The minimum Gasteiger partial charge on any atom is -0.384 e. The van der Waals surface area contributed by atoms with Crippen molar-refractivity contribution in [3.63, 3.8) is 0 Å². The number of aryl methyl sites for hydroxylation is 1. The standard InChI is InChI=1S/C17H23N5OS/c1-23-11-8-14-21-15-16(22(14)10-5-4-9-19-24)12-6-2-3-7-13(12)20-17(15)18/h2-3,6-7,19,24H,4-5,8-11H2,1H3,(H2,18,20). The van der Waals surface area contributed by atoms with Gasteiger partial charge in [0.15, 0.2) is 5.82 Å². The first kappa shape index (κ1) is 17.0. The summed E-state index contributed by atoms with van der Waals surface area (Å²) in [4.78, 5) is 9.26. The Kier molecular flexibility index (Phi) is 5.55. The Bertz CT molecular complexity index is 833. The number of thiol groups is 1. The molecule has 0 bridgehead atoms. The lowest BCUT2D eigenvalue weighted by Crippen LogP contribution is -2.09. The second-order valence-electron chi connectivity index (χ2n) is 5.75. The molecule has 128 valence electrons. The number of methoxy groups -OCH3 is 1. The zero-order valence-electron chi connectivity index (χ0n) is 13.8. The highest BCUT2D eigenvalue weighted by atomic mass is 32.1. The number of unbranched alkanes of at least 4 members (excludes halogenated alkanes) is 1. The molecule has 0 amide bonds. The predicted octanol–water partition coefficient (Wildman–Crippen LogP) is 2.57. The van der Waals surface area contributed by atoms with Crippen LogP contribution in [-0.4, -0.2) is 34.8 Å². The van der Waals surface area contributed by atoms with E-state index in [1.807, 2.05) is 18.2 Å². The molecule has 3 rings (SSSR count). The summed E-state index contributed by atoms with van der Waals surface area (Å²) < 4.78 is 10.4. The average Bonchev–Trinajstić information content (AvgIpc) is 2.96. The van der Waals surface area contributed by atoms with E-state index in [0.717, 1.165) is 60.1 Å². The van der Waals surface area contributed by atoms with Crippen molar-refractivity contribution in [2.24, 2.45) is 0 Å². The molecule has 0 saturated carbocycles. The van der Waals surface area contributed by atoms with E-state index in [0.29, 0.717) is 12.4 Å². The molecule has 1 aromatic carbocycles. The molecule has 3 aromatic rings. The first-order chi connectivity index (χ1) is 11.8. The van der Waals surface area contributed by atoms with Crippen molar-refractivity contribution in [1.82, 2.24) is 19.3 Å². The van der Waals surface area contributed by atoms with Crippen molar-refractivity contribution in [3.8, 4) is 0 Å². The summed E-state index contributed by atoms with van der Waals surface area (Å²) in [5, 5.41) is 1.09. The zero-order chi connectivity index (χ0) is 16.9. The third kappa shape index (κ3) is 3.33. The second kappa shape index (κ2) is 7.83. The van der Waals surface area contributed by atoms with Gasteiger partial charge in [-0.2, -0.15) is 0 Å². The highest BCUT2D eigenvalue weighted by Gasteiger charge is 2.16. The van der Waals surface area contributed by atoms with E-state index in [9.17, 15) is 0 Å². The molecular weight excluding hydrogens is 322 g/mol. The van der Waals surface area contributed by atoms with Crippen LogP contribution < -0.4 is 10.5 Å². The number of para-hydroxylation sites is 1. The fourth-order valence-corrected chi connectivity index (χ4v) is 3.16. The predicted molar refractivity (Wildman–Crippen MR) is 101 cm³/mol. The molecule has 7 heteroatoms. The minimum atomic E-state index is 0.484. The van der Waals surface area contributed by atoms with Crippen LogP contribution in [0.15, 0.2) is 24.3 Å². The Balaban J connectivity index is 2.11. The van der Waals surface area contributed by atoms with Gasteiger partial charge in [0.05, 0.1) is 17.6 Å². The van der Waals surface area contributed by atoms with Crippen LogP contribution in [0.25, 0.3) is 21.9 Å². The second-order valence-corrected chi connectivity index (χ2v) is 6.07. The van der Waals surface area contributed by atoms with Gasteiger partial charge in [-0.25, -0.2) is 9.97 Å². The van der Waals surface area contributed by atoms with Crippen LogP contribution in [0.3, 0.4) is 0 Å². The maximum atomic E-state index is 6.17. The molecule has 0 fully saturated rings. The summed E-state index contributed by atoms with van der Waals surface area (Å²) in [6, 6.07) is 8.07. The van der Waals surface area contributed by atoms with Crippen molar-refractivity contribution < 1.29 is 4.74 Å². The van der Waals surface area contributed by atoms with Gasteiger partial charge in [0.25, 0.3) is 0 Å². The van der Waals surface area contributed by atoms with Crippen LogP contribution in [0.1, 0.15) is 18.7 Å². The Morgan fingerprint density at radius 2 is 2.08 bits per heavy atom. The van der Waals surface area contributed by atoms with Crippen molar-refractivity contribution in [1.29, 1.82) is 0 Å². The molecule has 6 nitrogen and oxygen atoms in total. The lowest BCUT2D eigenvalue weighted by molar-refractivity contribution is 0.199. The summed E-state index contributed by atoms with van der Waals surface area (Å²) in [7, 11) is 1.71. The molecule has 24 heavy (non-hydrogen) atoms. The number of benzene rings is 1. The zero-order valence-corrected chi connectivity index (χ0v) is 14.7. The number of nitrogens with two attached hydrogens (primary N) is 1. The van der Waals surface area contributed by atoms with E-state index >= 15 is 0 Å². The number of nitrogens with zero attached hydrogens (tertiary/aromatic N) is 3. The molecule has 0 aliphatic heterocycles. The summed E-state index contributed by atoms with van der Waals surface area (Å²) >= 11 is 4.05. The topological polar surface area (TPSA) is 78.0 Å². The van der Waals surface area contributed by atoms with E-state index in [2.05, 4.69) is 33.2 Å². The van der Waals surface area contributed by atoms with Crippen molar-refractivity contribution >= 4 is 40.6 Å². The van der Waals surface area contributed by atoms with Crippen LogP contribution in [-0.2, 0) is 17.7 Å². The lowest BCUT2D eigenvalue weighted by Gasteiger charge is -2.10. The van der Waals surface area contributed by atoms with Crippen LogP contribution in [0.5, 0.6) is 0 Å². The summed E-state index contributed by atoms with van der Waals surface area (Å²) in [6.45, 7) is 2.40. The number of pyridine rings is 1. The summed E-state index contributed by atoms with van der Waals surface area (Å²) in [5.41, 5.74) is 8.93. The molecule has 2 aromatic heterocycles. The number of hydrogen-bond acceptors (Lipinski definition) is 6. The highest BCUT2D eigenvalue weighted by Crippen LogP contribution is 2.29. The number of fused-ring (bicyclic) bond motifs is 3. The van der Waals surface area contributed by atoms with Gasteiger partial charge in [-0.1, -0.05) is 31.0 Å². The van der Waals surface area contributed by atoms with Crippen LogP contribution in [0, 0.1) is 0 Å². The van der Waals surface area contributed by atoms with E-state index in [1.54, 1.807) is 7.11 Å². The van der Waals surface area contributed by atoms with Crippen LogP contribution in [0.2, 0.25) is 0 Å². The fourth-order valence-electron chi connectivity index (χ4n) is 3.00. The third-order valence-corrected chi connectivity index (χ3v) is 4.36. The highest BCUT2D eigenvalue weighted by molar-refractivity contribution is 7.78. The van der Waals surface area contributed by atoms with Crippen LogP contribution in [0.4, 0.5) is 5.82 Å². The SMILES string of the molecule is COCCc1nc2c(N)nc3ccccc3c2n1CCCCNS. The lowest BCUT2D eigenvalue weighted by atomic mass is 10.2. The molecule has 3 N–H and O–H groups in total. The molecule has 0 unspecified atom stereocenters. The van der Waals surface area contributed by atoms with Gasteiger partial charge < -0.3 is 15.0 Å². The first-order valence-corrected chi connectivity index (χ1v) is 8.60. The number of anilines is 1. The van der Waals surface area contributed by atoms with Gasteiger partial charge in [-0.3, -0.25) is 4.72 Å². The van der Waals surface area contributed by atoms with Gasteiger partial charge in [0.1, 0.15) is 11.3 Å². The quantitative estimate of drug-likeness (QED) is 0.432. The third-order valence-electron chi connectivity index (χ3n) is 4.14. The molecule has 0 saturated heterocycles. The average molecular weight is 345 g/mol. The number of imidazole rings is 1. The number of rotatable bonds is 8. The number of nitrogen functional groups attached to an aromatic ring is 1. The Morgan fingerprint density at radius 3 is 2.88 bits per heavy atom. The molecule has 0 atom stereocenters. The molecular formula is C17H23N5OS. The van der Waals surface area contributed by atoms with Gasteiger partial charge in [0, 0.05) is 32.0 Å². The van der Waals surface area contributed by atoms with Crippen LogP contribution >= 0.6 is 12.8 Å². The van der Waals surface area contributed by atoms with E-state index in [1.165, 1.54) is 0 Å². The van der Waals surface area contributed by atoms with Crippen molar-refractivity contribution in [3.05, 3.63) is 30.1 Å². The summed E-state index contributed by atoms with van der Waals surface area (Å²) in [6.07, 6.45) is 2.84. The fraction of sp³-hybridized carbons (Fsp3) is 0.412. The number of hydrogen-bond donors (Lipinski definition) is 3. The number of nitrogens with one attached hydrogen (secondary N) is 1. The van der Waals surface area contributed by atoms with Gasteiger partial charge in [0.2, 0.25) is 0 Å². The number of aromatic nitrogens is 3. The van der Waals surface area contributed by atoms with E-state index in [-0.39, 0.29) is 0 Å². The van der Waals surface area contributed by atoms with Gasteiger partial charge >= 0.3 is 0 Å². The Hall–Kier alpha value is -1.83. The molecule has 0 aliphatic carbocycles. The molecule has 0 spiro atoms. The Morgan fingerprint density at radius 1 is 1.25 bits per heavy atom. The molecule has 2 heterocycles. The molecule has 0 aliphatic rings. The monoisotopic (exact) mass is 345 g/mol. The first-order valence-electron chi connectivity index (χ1n) is 8.15. The largest absolute Gasteiger partial charge is 0.384 e.